The first-order valence-corrected chi connectivity index (χ1v) is 4.03. The largest absolute Gasteiger partial charge is 0.546 e. The second kappa shape index (κ2) is 2.06. The number of carboxylic acids is 1. The van der Waals surface area contributed by atoms with Crippen LogP contribution in [0.5, 0.6) is 0 Å². The molecule has 11 heavy (non-hydrogen) atoms. The van der Waals surface area contributed by atoms with Crippen molar-refractivity contribution in [2.75, 3.05) is 6.61 Å². The van der Waals surface area contributed by atoms with Gasteiger partial charge in [-0.1, -0.05) is 6.07 Å². The predicted octanol–water partition coefficient (Wildman–Crippen LogP) is -0.277. The van der Waals surface area contributed by atoms with E-state index in [-0.39, 0.29) is 6.61 Å². The van der Waals surface area contributed by atoms with Gasteiger partial charge >= 0.3 is 0 Å². The lowest BCUT2D eigenvalue weighted by atomic mass is 10.1. The highest BCUT2D eigenvalue weighted by Crippen LogP contribution is 2.40. The summed E-state index contributed by atoms with van der Waals surface area (Å²) in [6.45, 7) is 0.246. The average molecular weight is 169 g/mol. The van der Waals surface area contributed by atoms with Crippen molar-refractivity contribution < 1.29 is 14.6 Å². The van der Waals surface area contributed by atoms with E-state index in [1.807, 2.05) is 5.38 Å². The zero-order chi connectivity index (χ0) is 7.90. The first kappa shape index (κ1) is 6.82. The fraction of sp³-hybridized carbons (Fsp3) is 0.286. The van der Waals surface area contributed by atoms with Gasteiger partial charge in [0.1, 0.15) is 0 Å². The molecule has 2 heterocycles. The zero-order valence-electron chi connectivity index (χ0n) is 5.57. The summed E-state index contributed by atoms with van der Waals surface area (Å²) >= 11 is 1.37. The second-order valence-electron chi connectivity index (χ2n) is 2.38. The lowest BCUT2D eigenvalue weighted by Gasteiger charge is -2.09. The van der Waals surface area contributed by atoms with Crippen LogP contribution in [-0.4, -0.2) is 12.6 Å². The van der Waals surface area contributed by atoms with Gasteiger partial charge in [0.2, 0.25) is 0 Å². The molecule has 1 aromatic heterocycles. The average Bonchev–Trinajstić information content (AvgIpc) is 2.61. The Morgan fingerprint density at radius 2 is 2.55 bits per heavy atom. The number of thiophene rings is 1. The molecule has 0 saturated carbocycles. The van der Waals surface area contributed by atoms with Crippen molar-refractivity contribution in [3.8, 4) is 0 Å². The minimum Gasteiger partial charge on any atom is -0.546 e. The molecule has 0 amide bonds. The van der Waals surface area contributed by atoms with Gasteiger partial charge in [-0.3, -0.25) is 0 Å². The van der Waals surface area contributed by atoms with E-state index < -0.39 is 11.6 Å². The minimum absolute atomic E-state index is 0.246. The van der Waals surface area contributed by atoms with E-state index in [1.54, 1.807) is 12.1 Å². The summed E-state index contributed by atoms with van der Waals surface area (Å²) in [4.78, 5) is 11.3. The first-order chi connectivity index (χ1) is 5.26. The highest BCUT2D eigenvalue weighted by atomic mass is 32.1. The van der Waals surface area contributed by atoms with Crippen LogP contribution in [0.2, 0.25) is 0 Å². The molecular formula is C7H5O3S-. The number of hydrogen-bond acceptors (Lipinski definition) is 4. The molecule has 0 spiro atoms. The Morgan fingerprint density at radius 1 is 1.82 bits per heavy atom. The predicted molar refractivity (Wildman–Crippen MR) is 37.0 cm³/mol. The molecule has 1 aromatic rings. The fourth-order valence-corrected chi connectivity index (χ4v) is 1.79. The maximum absolute atomic E-state index is 10.6. The Bertz CT molecular complexity index is 274. The van der Waals surface area contributed by atoms with E-state index in [1.165, 1.54) is 11.3 Å². The normalized spacial score (nSPS) is 28.4. The molecule has 2 rings (SSSR count). The van der Waals surface area contributed by atoms with Crippen molar-refractivity contribution in [3.63, 3.8) is 0 Å². The topological polar surface area (TPSA) is 52.7 Å². The molecule has 0 aromatic carbocycles. The van der Waals surface area contributed by atoms with Crippen LogP contribution in [0.1, 0.15) is 4.88 Å². The van der Waals surface area contributed by atoms with Crippen molar-refractivity contribution in [1.82, 2.24) is 0 Å². The highest BCUT2D eigenvalue weighted by Gasteiger charge is 2.49. The fourth-order valence-electron chi connectivity index (χ4n) is 0.941. The number of carboxylic acid groups (broad SMARTS) is 1. The summed E-state index contributed by atoms with van der Waals surface area (Å²) in [5, 5.41) is 12.4. The molecule has 1 unspecified atom stereocenters. The summed E-state index contributed by atoms with van der Waals surface area (Å²) < 4.78 is 4.85. The summed E-state index contributed by atoms with van der Waals surface area (Å²) in [5.74, 6) is -1.14. The molecule has 0 bridgehead atoms. The van der Waals surface area contributed by atoms with E-state index in [4.69, 9.17) is 4.74 Å². The highest BCUT2D eigenvalue weighted by molar-refractivity contribution is 7.10. The lowest BCUT2D eigenvalue weighted by molar-refractivity contribution is -0.313. The van der Waals surface area contributed by atoms with Crippen LogP contribution >= 0.6 is 11.3 Å². The maximum Gasteiger partial charge on any atom is 0.165 e. The van der Waals surface area contributed by atoms with Crippen molar-refractivity contribution in [1.29, 1.82) is 0 Å². The van der Waals surface area contributed by atoms with Gasteiger partial charge in [0.25, 0.3) is 0 Å². The molecular weight excluding hydrogens is 164 g/mol. The molecule has 1 fully saturated rings. The molecule has 0 aliphatic carbocycles. The summed E-state index contributed by atoms with van der Waals surface area (Å²) in [5.41, 5.74) is -1.10. The second-order valence-corrected chi connectivity index (χ2v) is 3.33. The van der Waals surface area contributed by atoms with Crippen molar-refractivity contribution in [2.24, 2.45) is 0 Å². The van der Waals surface area contributed by atoms with Crippen molar-refractivity contribution in [2.45, 2.75) is 5.60 Å². The van der Waals surface area contributed by atoms with E-state index in [0.717, 1.165) is 4.88 Å². The number of epoxide rings is 1. The number of carbonyl (C=O) groups excluding carboxylic acids is 1. The molecule has 3 nitrogen and oxygen atoms in total. The molecule has 0 radical (unpaired) electrons. The summed E-state index contributed by atoms with van der Waals surface area (Å²) in [7, 11) is 0. The Kier molecular flexibility index (Phi) is 1.27. The molecule has 0 N–H and O–H groups in total. The van der Waals surface area contributed by atoms with Gasteiger partial charge in [-0.15, -0.1) is 11.3 Å². The third-order valence-electron chi connectivity index (χ3n) is 1.68. The molecule has 1 saturated heterocycles. The zero-order valence-corrected chi connectivity index (χ0v) is 6.39. The smallest absolute Gasteiger partial charge is 0.165 e. The SMILES string of the molecule is O=C([O-])C1(c2cccs2)CO1. The van der Waals surface area contributed by atoms with E-state index in [0.29, 0.717) is 0 Å². The number of hydrogen-bond donors (Lipinski definition) is 0. The molecule has 1 aliphatic heterocycles. The molecule has 1 atom stereocenters. The maximum atomic E-state index is 10.6. The number of aliphatic carboxylic acids is 1. The van der Waals surface area contributed by atoms with Gasteiger partial charge < -0.3 is 14.6 Å². The Morgan fingerprint density at radius 3 is 2.91 bits per heavy atom. The Labute approximate surface area is 67.2 Å². The first-order valence-electron chi connectivity index (χ1n) is 3.15. The van der Waals surface area contributed by atoms with Gasteiger partial charge in [0.15, 0.2) is 5.60 Å². The third-order valence-corrected chi connectivity index (χ3v) is 2.69. The lowest BCUT2D eigenvalue weighted by Crippen LogP contribution is -2.36. The quantitative estimate of drug-likeness (QED) is 0.572. The molecule has 58 valence electrons. The van der Waals surface area contributed by atoms with Crippen molar-refractivity contribution >= 4 is 17.3 Å². The Hall–Kier alpha value is -0.870. The standard InChI is InChI=1S/C7H6O3S/c8-6(9)7(4-10-7)5-2-1-3-11-5/h1-3H,4H2,(H,8,9)/p-1. The van der Waals surface area contributed by atoms with Crippen LogP contribution in [0.15, 0.2) is 17.5 Å². The van der Waals surface area contributed by atoms with Crippen LogP contribution in [-0.2, 0) is 15.1 Å². The van der Waals surface area contributed by atoms with Gasteiger partial charge in [0, 0.05) is 4.88 Å². The number of carbonyl (C=O) groups is 1. The van der Waals surface area contributed by atoms with Crippen molar-refractivity contribution in [3.05, 3.63) is 22.4 Å². The van der Waals surface area contributed by atoms with E-state index in [9.17, 15) is 9.90 Å². The van der Waals surface area contributed by atoms with Crippen LogP contribution in [0.4, 0.5) is 0 Å². The number of rotatable bonds is 2. The van der Waals surface area contributed by atoms with E-state index >= 15 is 0 Å². The third kappa shape index (κ3) is 0.868. The minimum atomic E-state index is -1.14. The van der Waals surface area contributed by atoms with E-state index in [2.05, 4.69) is 0 Å². The molecule has 4 heteroatoms. The van der Waals surface area contributed by atoms with Crippen LogP contribution in [0.3, 0.4) is 0 Å². The monoisotopic (exact) mass is 169 g/mol. The summed E-state index contributed by atoms with van der Waals surface area (Å²) in [6.07, 6.45) is 0. The summed E-state index contributed by atoms with van der Waals surface area (Å²) in [6, 6.07) is 3.54. The van der Waals surface area contributed by atoms with Crippen LogP contribution < -0.4 is 5.11 Å². The van der Waals surface area contributed by atoms with Gasteiger partial charge in [0.05, 0.1) is 12.6 Å². The van der Waals surface area contributed by atoms with Gasteiger partial charge in [-0.05, 0) is 11.4 Å². The number of ether oxygens (including phenoxy) is 1. The van der Waals surface area contributed by atoms with Gasteiger partial charge in [-0.25, -0.2) is 0 Å². The Balaban J connectivity index is 2.36. The van der Waals surface area contributed by atoms with Crippen LogP contribution in [0, 0.1) is 0 Å². The molecule has 1 aliphatic rings. The van der Waals surface area contributed by atoms with Gasteiger partial charge in [-0.2, -0.15) is 0 Å². The van der Waals surface area contributed by atoms with Crippen LogP contribution in [0.25, 0.3) is 0 Å².